The van der Waals surface area contributed by atoms with E-state index in [0.29, 0.717) is 5.41 Å². The van der Waals surface area contributed by atoms with Crippen molar-refractivity contribution in [2.24, 2.45) is 46.8 Å². The summed E-state index contributed by atoms with van der Waals surface area (Å²) in [7, 11) is 0. The lowest BCUT2D eigenvalue weighted by atomic mass is 9.49. The predicted octanol–water partition coefficient (Wildman–Crippen LogP) is 7.40. The van der Waals surface area contributed by atoms with Crippen molar-refractivity contribution in [2.75, 3.05) is 0 Å². The topological polar surface area (TPSA) is 23.8 Å². The third-order valence-corrected chi connectivity index (χ3v) is 10.3. The van der Waals surface area contributed by atoms with Gasteiger partial charge >= 0.3 is 0 Å². The van der Waals surface area contributed by atoms with Crippen LogP contribution in [0.1, 0.15) is 89.2 Å². The molecule has 4 saturated carbocycles. The summed E-state index contributed by atoms with van der Waals surface area (Å²) in [4.78, 5) is 0. The molecule has 1 aromatic carbocycles. The monoisotopic (exact) mass is 389 g/mol. The van der Waals surface area contributed by atoms with Crippen LogP contribution in [0.5, 0.6) is 0 Å². The van der Waals surface area contributed by atoms with Crippen LogP contribution in [0, 0.1) is 58.2 Å². The lowest BCUT2D eigenvalue weighted by Gasteiger charge is -2.56. The molecular formula is C28H39N. The minimum Gasteiger partial charge on any atom is -0.192 e. The summed E-state index contributed by atoms with van der Waals surface area (Å²) in [5.41, 5.74) is 2.80. The molecule has 0 radical (unpaired) electrons. The molecule has 4 aliphatic rings. The smallest absolute Gasteiger partial charge is 0.0991 e. The maximum Gasteiger partial charge on any atom is 0.0991 e. The molecule has 1 nitrogen and oxygen atoms in total. The second-order valence-electron chi connectivity index (χ2n) is 11.5. The molecule has 3 unspecified atom stereocenters. The molecule has 4 fully saturated rings. The Kier molecular flexibility index (Phi) is 5.26. The summed E-state index contributed by atoms with van der Waals surface area (Å²) in [6.07, 6.45) is 16.2. The van der Waals surface area contributed by atoms with Crippen LogP contribution in [0.3, 0.4) is 0 Å². The number of rotatable bonds is 3. The van der Waals surface area contributed by atoms with Gasteiger partial charge < -0.3 is 0 Å². The second kappa shape index (κ2) is 7.76. The van der Waals surface area contributed by atoms with Crippen LogP contribution < -0.4 is 0 Å². The molecule has 1 aromatic rings. The van der Waals surface area contributed by atoms with Crippen LogP contribution in [0.15, 0.2) is 24.3 Å². The van der Waals surface area contributed by atoms with E-state index in [2.05, 4.69) is 32.0 Å². The number of hydrogen-bond donors (Lipinski definition) is 0. The Labute approximate surface area is 178 Å². The fraction of sp³-hybridized carbons (Fsp3) is 0.750. The van der Waals surface area contributed by atoms with Crippen molar-refractivity contribution in [2.45, 2.75) is 84.5 Å². The largest absolute Gasteiger partial charge is 0.192 e. The Morgan fingerprint density at radius 3 is 2.52 bits per heavy atom. The molecule has 0 saturated heterocycles. The van der Waals surface area contributed by atoms with E-state index in [4.69, 9.17) is 5.26 Å². The lowest BCUT2D eigenvalue weighted by Crippen LogP contribution is -2.48. The first-order valence-electron chi connectivity index (χ1n) is 12.6. The van der Waals surface area contributed by atoms with Gasteiger partial charge in [0.2, 0.25) is 0 Å². The third kappa shape index (κ3) is 3.45. The maximum atomic E-state index is 9.02. The van der Waals surface area contributed by atoms with E-state index in [1.54, 1.807) is 19.3 Å². The van der Waals surface area contributed by atoms with E-state index in [0.717, 1.165) is 47.0 Å². The van der Waals surface area contributed by atoms with E-state index in [1.165, 1.54) is 56.9 Å². The zero-order valence-electron chi connectivity index (χ0n) is 18.6. The molecule has 1 heteroatoms. The molecule has 0 amide bonds. The molecule has 0 heterocycles. The van der Waals surface area contributed by atoms with Gasteiger partial charge in [-0.2, -0.15) is 5.26 Å². The van der Waals surface area contributed by atoms with Crippen LogP contribution >= 0.6 is 0 Å². The van der Waals surface area contributed by atoms with Crippen LogP contribution in [0.2, 0.25) is 0 Å². The molecule has 5 rings (SSSR count). The quantitative estimate of drug-likeness (QED) is 0.528. The van der Waals surface area contributed by atoms with Gasteiger partial charge in [0, 0.05) is 0 Å². The normalized spacial score (nSPS) is 43.7. The van der Waals surface area contributed by atoms with E-state index in [-0.39, 0.29) is 0 Å². The van der Waals surface area contributed by atoms with Crippen molar-refractivity contribution in [3.63, 3.8) is 0 Å². The average Bonchev–Trinajstić information content (AvgIpc) is 3.08. The van der Waals surface area contributed by atoms with Gasteiger partial charge in [0.1, 0.15) is 0 Å². The highest BCUT2D eigenvalue weighted by atomic mass is 14.6. The highest BCUT2D eigenvalue weighted by molar-refractivity contribution is 5.31. The third-order valence-electron chi connectivity index (χ3n) is 10.3. The van der Waals surface area contributed by atoms with E-state index in [9.17, 15) is 0 Å². The number of hydrogen-bond acceptors (Lipinski definition) is 1. The second-order valence-corrected chi connectivity index (χ2v) is 11.5. The number of nitrogens with zero attached hydrogens (tertiary/aromatic N) is 1. The van der Waals surface area contributed by atoms with Gasteiger partial charge in [0.15, 0.2) is 0 Å². The fourth-order valence-corrected chi connectivity index (χ4v) is 8.76. The van der Waals surface area contributed by atoms with Crippen LogP contribution in [0.25, 0.3) is 0 Å². The first kappa shape index (κ1) is 19.7. The Bertz CT molecular complexity index is 758. The van der Waals surface area contributed by atoms with Crippen molar-refractivity contribution in [1.82, 2.24) is 0 Å². The van der Waals surface area contributed by atoms with Gasteiger partial charge in [-0.3, -0.25) is 0 Å². The number of aryl methyl sites for hydroxylation is 1. The first-order chi connectivity index (χ1) is 14.1. The molecular weight excluding hydrogens is 350 g/mol. The lowest BCUT2D eigenvalue weighted by molar-refractivity contribution is -0.0677. The number of benzene rings is 1. The molecule has 0 N–H and O–H groups in total. The maximum absolute atomic E-state index is 9.02. The molecule has 156 valence electrons. The molecule has 0 aliphatic heterocycles. The van der Waals surface area contributed by atoms with E-state index < -0.39 is 0 Å². The molecule has 29 heavy (non-hydrogen) atoms. The molecule has 0 aromatic heterocycles. The van der Waals surface area contributed by atoms with Crippen LogP contribution in [-0.2, 0) is 6.42 Å². The van der Waals surface area contributed by atoms with E-state index >= 15 is 0 Å². The van der Waals surface area contributed by atoms with Gasteiger partial charge in [-0.25, -0.2) is 0 Å². The zero-order valence-corrected chi connectivity index (χ0v) is 18.6. The molecule has 0 bridgehead atoms. The Hall–Kier alpha value is -1.29. The summed E-state index contributed by atoms with van der Waals surface area (Å²) in [5.74, 6) is 7.16. The number of fused-ring (bicyclic) bond motifs is 5. The Morgan fingerprint density at radius 1 is 0.931 bits per heavy atom. The van der Waals surface area contributed by atoms with Crippen molar-refractivity contribution < 1.29 is 0 Å². The van der Waals surface area contributed by atoms with Crippen LogP contribution in [-0.4, -0.2) is 0 Å². The first-order valence-corrected chi connectivity index (χ1v) is 12.6. The minimum atomic E-state index is 0.600. The molecule has 4 aliphatic carbocycles. The van der Waals surface area contributed by atoms with Gasteiger partial charge in [-0.15, -0.1) is 0 Å². The highest BCUT2D eigenvalue weighted by Crippen LogP contribution is 2.65. The fourth-order valence-electron chi connectivity index (χ4n) is 8.76. The predicted molar refractivity (Wildman–Crippen MR) is 119 cm³/mol. The summed E-state index contributed by atoms with van der Waals surface area (Å²) in [6.45, 7) is 5.18. The average molecular weight is 390 g/mol. The van der Waals surface area contributed by atoms with Gasteiger partial charge in [0.05, 0.1) is 11.6 Å². The van der Waals surface area contributed by atoms with Crippen molar-refractivity contribution >= 4 is 0 Å². The van der Waals surface area contributed by atoms with Gasteiger partial charge in [-0.05, 0) is 129 Å². The van der Waals surface area contributed by atoms with Gasteiger partial charge in [-0.1, -0.05) is 32.4 Å². The minimum absolute atomic E-state index is 0.600. The highest BCUT2D eigenvalue weighted by Gasteiger charge is 2.56. The summed E-state index contributed by atoms with van der Waals surface area (Å²) in [5, 5.41) is 9.02. The van der Waals surface area contributed by atoms with E-state index in [1.807, 2.05) is 12.1 Å². The Balaban J connectivity index is 1.26. The summed E-state index contributed by atoms with van der Waals surface area (Å²) in [6, 6.07) is 10.6. The SMILES string of the molecule is C[C@H]1CC[C@@H]2C3CC[C@]4(C)C(CCc5ccc(C#N)cc5)CCC4[C@@H]3CC[C@@H]2C1. The van der Waals surface area contributed by atoms with Crippen molar-refractivity contribution in [1.29, 1.82) is 5.26 Å². The summed E-state index contributed by atoms with van der Waals surface area (Å²) < 4.78 is 0. The Morgan fingerprint density at radius 2 is 1.72 bits per heavy atom. The van der Waals surface area contributed by atoms with Gasteiger partial charge in [0.25, 0.3) is 0 Å². The van der Waals surface area contributed by atoms with Crippen molar-refractivity contribution in [3.05, 3.63) is 35.4 Å². The molecule has 0 spiro atoms. The van der Waals surface area contributed by atoms with Crippen LogP contribution in [0.4, 0.5) is 0 Å². The van der Waals surface area contributed by atoms with Crippen molar-refractivity contribution in [3.8, 4) is 6.07 Å². The number of nitriles is 1. The summed E-state index contributed by atoms with van der Waals surface area (Å²) >= 11 is 0. The molecule has 8 atom stereocenters. The standard InChI is InChI=1S/C28H39N/c1-19-3-12-24-22(17-19)9-13-26-25(24)15-16-28(2)23(11-14-27(26)28)10-8-20-4-6-21(18-29)7-5-20/h4-7,19,22-27H,3,8-17H2,1-2H3/t19-,22+,23?,24-,25?,26+,27?,28+/m0/s1. The zero-order chi connectivity index (χ0) is 20.0.